The van der Waals surface area contributed by atoms with Gasteiger partial charge in [0.2, 0.25) is 8.32 Å². The molecule has 1 heterocycles. The summed E-state index contributed by atoms with van der Waals surface area (Å²) in [7, 11) is -5.78. The molecule has 17 heteroatoms. The maximum Gasteiger partial charge on any atom is 0.338 e. The molecule has 2 unspecified atom stereocenters. The molecule has 1 aliphatic heterocycles. The molecule has 11 atom stereocenters. The van der Waals surface area contributed by atoms with Crippen LogP contribution in [0.15, 0.2) is 132 Å². The highest BCUT2D eigenvalue weighted by Crippen LogP contribution is 2.65. The molecule has 0 spiro atoms. The summed E-state index contributed by atoms with van der Waals surface area (Å²) < 4.78 is 47.1. The number of nitrogens with one attached hydrogen (secondary N) is 1. The smallest absolute Gasteiger partial charge is 0.338 e. The number of benzene rings is 4. The molecule has 4 aromatic carbocycles. The molecule has 3 aliphatic carbocycles. The van der Waals surface area contributed by atoms with Crippen molar-refractivity contribution in [1.82, 2.24) is 5.32 Å². The fraction of sp³-hybridized carbons (Fsp3) is 0.475. The van der Waals surface area contributed by atoms with Crippen molar-refractivity contribution in [3.63, 3.8) is 0 Å². The van der Waals surface area contributed by atoms with Crippen LogP contribution in [0.25, 0.3) is 0 Å². The number of amides is 1. The molecule has 416 valence electrons. The van der Waals surface area contributed by atoms with Crippen molar-refractivity contribution in [2.24, 2.45) is 16.7 Å². The molecule has 4 aliphatic rings. The van der Waals surface area contributed by atoms with Gasteiger partial charge >= 0.3 is 23.9 Å². The topological polar surface area (TPSA) is 199 Å². The normalized spacial score (nSPS) is 28.2. The van der Waals surface area contributed by atoms with E-state index in [-0.39, 0.29) is 24.2 Å². The summed E-state index contributed by atoms with van der Waals surface area (Å²) in [4.78, 5) is 88.9. The zero-order valence-electron chi connectivity index (χ0n) is 46.7. The van der Waals surface area contributed by atoms with Crippen molar-refractivity contribution < 1.29 is 66.4 Å². The number of rotatable bonds is 18. The van der Waals surface area contributed by atoms with Gasteiger partial charge in [-0.15, -0.1) is 0 Å². The molecule has 4 aromatic rings. The highest BCUT2D eigenvalue weighted by Gasteiger charge is 2.79. The summed E-state index contributed by atoms with van der Waals surface area (Å²) >= 11 is 0. The van der Waals surface area contributed by atoms with Crippen LogP contribution in [0.5, 0.6) is 0 Å². The molecule has 3 fully saturated rings. The zero-order chi connectivity index (χ0) is 56.6. The number of ether oxygens (including phenoxy) is 5. The van der Waals surface area contributed by atoms with Gasteiger partial charge < -0.3 is 43.0 Å². The van der Waals surface area contributed by atoms with Crippen molar-refractivity contribution in [3.8, 4) is 0 Å². The predicted octanol–water partition coefficient (Wildman–Crippen LogP) is 8.90. The lowest BCUT2D eigenvalue weighted by atomic mass is 9.44. The van der Waals surface area contributed by atoms with Crippen LogP contribution >= 0.6 is 0 Å². The predicted molar refractivity (Wildman–Crippen MR) is 296 cm³/mol. The second-order valence-electron chi connectivity index (χ2n) is 22.7. The quantitative estimate of drug-likeness (QED) is 0.0414. The van der Waals surface area contributed by atoms with E-state index in [4.69, 9.17) is 32.5 Å². The standard InChI is InChI=1S/C61H75NO14Si2/c1-12-78(13-2,14-3)76-51(49(41-27-19-15-20-28-41)62-55(66)42-29-21-16-22-30-42)57(68)72-45-36-61(69)54(73-56(67)43-31-23-17-24-32-43)52-59(9,53(65)50(71-39(5)63)48(38(45)4)58(61,7)8)46(35-47-60(52,37-70-47)74-40(6)64)75-77(10,11)44-33-25-18-26-34-44/h15-34,45-47,49-52,54,69H,12-14,35-37H2,1-11H3,(H,62,66)/t45-,46-,47+,49-,50?,51+,52?,54-,59+,60-,61+/m0/s1. The first-order valence-electron chi connectivity index (χ1n) is 27.2. The molecule has 1 saturated heterocycles. The number of esters is 4. The van der Waals surface area contributed by atoms with E-state index < -0.39 is 129 Å². The van der Waals surface area contributed by atoms with Crippen molar-refractivity contribution >= 4 is 57.4 Å². The van der Waals surface area contributed by atoms with Crippen LogP contribution in [-0.4, -0.2) is 112 Å². The Morgan fingerprint density at radius 3 is 1.83 bits per heavy atom. The number of aliphatic hydroxyl groups is 1. The SMILES string of the molecule is CC[Si](CC)(CC)O[C@@H](C(=O)O[C@H]1C[C@@]2(O)[C@@H](OC(=O)c3ccccc3)C3[C@](C)(C(=O)C(OC(C)=O)C(=C1C)C2(C)C)[C@@H](O[Si](C)(C)c1ccccc1)C[C@H]1OC[C@@]31OC(C)=O)[C@@H](NC(=O)c1ccccc1)c1ccccc1. The highest BCUT2D eigenvalue weighted by atomic mass is 28.4. The Kier molecular flexibility index (Phi) is 16.8. The molecule has 2 bridgehead atoms. The van der Waals surface area contributed by atoms with Crippen LogP contribution < -0.4 is 10.5 Å². The van der Waals surface area contributed by atoms with Gasteiger partial charge in [0.25, 0.3) is 5.91 Å². The van der Waals surface area contributed by atoms with Crippen LogP contribution in [0.3, 0.4) is 0 Å². The van der Waals surface area contributed by atoms with E-state index in [1.165, 1.54) is 13.8 Å². The molecule has 15 nitrogen and oxygen atoms in total. The highest BCUT2D eigenvalue weighted by molar-refractivity contribution is 6.84. The number of hydrogen-bond donors (Lipinski definition) is 2. The van der Waals surface area contributed by atoms with Gasteiger partial charge in [-0.3, -0.25) is 19.2 Å². The average molecular weight is 1100 g/mol. The van der Waals surface area contributed by atoms with Gasteiger partial charge in [0, 0.05) is 37.7 Å². The summed E-state index contributed by atoms with van der Waals surface area (Å²) in [5, 5.41) is 18.5. The first-order valence-corrected chi connectivity index (χ1v) is 32.6. The third-order valence-electron chi connectivity index (χ3n) is 17.6. The molecule has 1 amide bonds. The molecule has 78 heavy (non-hydrogen) atoms. The maximum atomic E-state index is 16.7. The molecular formula is C61H75NO14Si2. The molecule has 2 N–H and O–H groups in total. The van der Waals surface area contributed by atoms with E-state index in [9.17, 15) is 24.3 Å². The third kappa shape index (κ3) is 10.5. The Bertz CT molecular complexity index is 2890. The summed E-state index contributed by atoms with van der Waals surface area (Å²) in [6, 6.07) is 36.2. The van der Waals surface area contributed by atoms with E-state index in [1.807, 2.05) is 70.3 Å². The van der Waals surface area contributed by atoms with Crippen LogP contribution in [0.4, 0.5) is 0 Å². The minimum Gasteiger partial charge on any atom is -0.456 e. The van der Waals surface area contributed by atoms with E-state index in [0.29, 0.717) is 34.8 Å². The number of Topliss-reactive ketones (excluding diaryl/α,β-unsaturated/α-hetero) is 1. The van der Waals surface area contributed by atoms with Crippen LogP contribution in [0.2, 0.25) is 31.2 Å². The van der Waals surface area contributed by atoms with Crippen molar-refractivity contribution in [1.29, 1.82) is 0 Å². The Morgan fingerprint density at radius 2 is 1.31 bits per heavy atom. The van der Waals surface area contributed by atoms with Crippen LogP contribution in [-0.2, 0) is 51.7 Å². The number of ketones is 1. The summed E-state index contributed by atoms with van der Waals surface area (Å²) in [6.07, 6.45) is -8.79. The van der Waals surface area contributed by atoms with Gasteiger partial charge in [-0.05, 0) is 91.2 Å². The number of carbonyl (C=O) groups is 6. The monoisotopic (exact) mass is 1100 g/mol. The van der Waals surface area contributed by atoms with Crippen molar-refractivity contribution in [2.45, 2.75) is 160 Å². The maximum absolute atomic E-state index is 16.7. The van der Waals surface area contributed by atoms with Crippen LogP contribution in [0, 0.1) is 16.7 Å². The fourth-order valence-electron chi connectivity index (χ4n) is 13.0. The molecule has 8 rings (SSSR count). The first kappa shape index (κ1) is 58.1. The molecular weight excluding hydrogens is 1030 g/mol. The van der Waals surface area contributed by atoms with Gasteiger partial charge in [0.05, 0.1) is 35.6 Å². The minimum absolute atomic E-state index is 0.0321. The lowest BCUT2D eigenvalue weighted by molar-refractivity contribution is -0.344. The summed E-state index contributed by atoms with van der Waals surface area (Å²) in [6.45, 7) is 18.9. The fourth-order valence-corrected chi connectivity index (χ4v) is 17.9. The second-order valence-corrected chi connectivity index (χ2v) is 31.2. The van der Waals surface area contributed by atoms with Gasteiger partial charge in [-0.2, -0.15) is 0 Å². The third-order valence-corrected chi connectivity index (χ3v) is 24.9. The summed E-state index contributed by atoms with van der Waals surface area (Å²) in [5.41, 5.74) is -6.15. The molecule has 2 saturated carbocycles. The van der Waals surface area contributed by atoms with Crippen molar-refractivity contribution in [3.05, 3.63) is 149 Å². The lowest BCUT2D eigenvalue weighted by Gasteiger charge is -2.68. The number of fused-ring (bicyclic) bond motifs is 5. The van der Waals surface area contributed by atoms with Gasteiger partial charge in [0.1, 0.15) is 23.9 Å². The van der Waals surface area contributed by atoms with Crippen molar-refractivity contribution in [2.75, 3.05) is 6.61 Å². The van der Waals surface area contributed by atoms with Gasteiger partial charge in [-0.1, -0.05) is 132 Å². The minimum atomic E-state index is -3.01. The lowest BCUT2D eigenvalue weighted by Crippen LogP contribution is -2.82. The average Bonchev–Trinajstić information content (AvgIpc) is 3.44. The van der Waals surface area contributed by atoms with Crippen LogP contribution in [0.1, 0.15) is 107 Å². The number of carbonyl (C=O) groups excluding carboxylic acids is 6. The number of hydrogen-bond acceptors (Lipinski definition) is 14. The Balaban J connectivity index is 1.36. The second kappa shape index (κ2) is 22.6. The summed E-state index contributed by atoms with van der Waals surface area (Å²) in [5.74, 6) is -5.86. The Morgan fingerprint density at radius 1 is 0.756 bits per heavy atom. The molecule has 0 radical (unpaired) electrons. The Labute approximate surface area is 460 Å². The zero-order valence-corrected chi connectivity index (χ0v) is 48.7. The van der Waals surface area contributed by atoms with Gasteiger partial charge in [-0.25, -0.2) is 9.59 Å². The largest absolute Gasteiger partial charge is 0.456 e. The van der Waals surface area contributed by atoms with E-state index >= 15 is 9.59 Å². The van der Waals surface area contributed by atoms with E-state index in [1.54, 1.807) is 113 Å². The van der Waals surface area contributed by atoms with Gasteiger partial charge in [0.15, 0.2) is 31.9 Å². The Hall–Kier alpha value is -6.09. The first-order chi connectivity index (χ1) is 36.9. The van der Waals surface area contributed by atoms with E-state index in [0.717, 1.165) is 5.19 Å². The van der Waals surface area contributed by atoms with E-state index in [2.05, 4.69) is 5.32 Å². The molecule has 0 aromatic heterocycles.